The zero-order chi connectivity index (χ0) is 9.68. The van der Waals surface area contributed by atoms with Crippen molar-refractivity contribution in [2.45, 2.75) is 39.7 Å². The number of rotatable bonds is 4. The highest BCUT2D eigenvalue weighted by Gasteiger charge is 2.17. The minimum atomic E-state index is 0. The summed E-state index contributed by atoms with van der Waals surface area (Å²) in [6.45, 7) is 11.8. The molecule has 0 aromatic rings. The third-order valence-corrected chi connectivity index (χ3v) is 2.97. The summed E-state index contributed by atoms with van der Waals surface area (Å²) >= 11 is 0. The Labute approximate surface area is 84.2 Å². The molecular weight excluding hydrogens is 160 g/mol. The van der Waals surface area contributed by atoms with Crippen LogP contribution in [0.15, 0.2) is 0 Å². The Hall–Kier alpha value is -0.0800. The first-order valence-corrected chi connectivity index (χ1v) is 5.68. The first-order chi connectivity index (χ1) is 6.22. The average Bonchev–Trinajstić information content (AvgIpc) is 2.15. The number of hydrogen-bond acceptors (Lipinski definition) is 2. The first-order valence-electron chi connectivity index (χ1n) is 5.68. The van der Waals surface area contributed by atoms with Gasteiger partial charge in [-0.05, 0) is 44.9 Å². The highest BCUT2D eigenvalue weighted by Crippen LogP contribution is 2.15. The number of hydrogen-bond donors (Lipinski definition) is 1. The van der Waals surface area contributed by atoms with Crippen molar-refractivity contribution < 1.29 is 1.43 Å². The van der Waals surface area contributed by atoms with Crippen LogP contribution in [0.5, 0.6) is 0 Å². The molecule has 1 rings (SSSR count). The molecule has 1 aliphatic heterocycles. The van der Waals surface area contributed by atoms with Crippen LogP contribution in [0.25, 0.3) is 0 Å². The van der Waals surface area contributed by atoms with Crippen molar-refractivity contribution in [2.75, 3.05) is 26.2 Å². The van der Waals surface area contributed by atoms with E-state index in [1.807, 2.05) is 0 Å². The molecule has 80 valence electrons. The van der Waals surface area contributed by atoms with E-state index in [1.54, 1.807) is 0 Å². The maximum atomic E-state index is 3.53. The topological polar surface area (TPSA) is 15.3 Å². The predicted octanol–water partition coefficient (Wildman–Crippen LogP) is 1.96. The van der Waals surface area contributed by atoms with Crippen molar-refractivity contribution in [3.8, 4) is 0 Å². The van der Waals surface area contributed by atoms with Crippen LogP contribution in [0.4, 0.5) is 0 Å². The van der Waals surface area contributed by atoms with E-state index in [9.17, 15) is 0 Å². The zero-order valence-corrected chi connectivity index (χ0v) is 9.34. The summed E-state index contributed by atoms with van der Waals surface area (Å²) in [5, 5.41) is 3.53. The Morgan fingerprint density at radius 2 is 2.00 bits per heavy atom. The van der Waals surface area contributed by atoms with Gasteiger partial charge in [-0.1, -0.05) is 20.8 Å². The number of likely N-dealkylation sites (tertiary alicyclic amines) is 1. The maximum Gasteiger partial charge on any atom is 0.00104 e. The molecule has 0 aliphatic carbocycles. The maximum absolute atomic E-state index is 3.53. The van der Waals surface area contributed by atoms with Gasteiger partial charge in [-0.15, -0.1) is 0 Å². The summed E-state index contributed by atoms with van der Waals surface area (Å²) in [5.74, 6) is 0.921. The van der Waals surface area contributed by atoms with Gasteiger partial charge in [-0.25, -0.2) is 0 Å². The normalized spacial score (nSPS) is 21.2. The summed E-state index contributed by atoms with van der Waals surface area (Å²) < 4.78 is 0. The van der Waals surface area contributed by atoms with E-state index in [-0.39, 0.29) is 1.43 Å². The van der Waals surface area contributed by atoms with Crippen molar-refractivity contribution in [1.82, 2.24) is 10.2 Å². The highest BCUT2D eigenvalue weighted by atomic mass is 15.1. The van der Waals surface area contributed by atoms with Crippen LogP contribution >= 0.6 is 0 Å². The van der Waals surface area contributed by atoms with Crippen molar-refractivity contribution >= 4 is 0 Å². The van der Waals surface area contributed by atoms with Gasteiger partial charge in [0.15, 0.2) is 0 Å². The van der Waals surface area contributed by atoms with Crippen LogP contribution in [0, 0.1) is 5.92 Å². The van der Waals surface area contributed by atoms with Crippen molar-refractivity contribution in [3.05, 3.63) is 0 Å². The third-order valence-electron chi connectivity index (χ3n) is 2.97. The smallest absolute Gasteiger partial charge is 0.00104 e. The van der Waals surface area contributed by atoms with Crippen LogP contribution < -0.4 is 5.32 Å². The Morgan fingerprint density at radius 3 is 2.46 bits per heavy atom. The molecule has 0 bridgehead atoms. The van der Waals surface area contributed by atoms with E-state index >= 15 is 0 Å². The van der Waals surface area contributed by atoms with E-state index in [0.29, 0.717) is 6.04 Å². The minimum Gasteiger partial charge on any atom is -0.314 e. The lowest BCUT2D eigenvalue weighted by molar-refractivity contribution is 0.188. The van der Waals surface area contributed by atoms with Gasteiger partial charge in [-0.2, -0.15) is 0 Å². The fourth-order valence-corrected chi connectivity index (χ4v) is 1.91. The average molecular weight is 186 g/mol. The molecule has 0 spiro atoms. The van der Waals surface area contributed by atoms with Gasteiger partial charge in [0.1, 0.15) is 0 Å². The molecule has 0 saturated carbocycles. The lowest BCUT2D eigenvalue weighted by Crippen LogP contribution is -2.38. The summed E-state index contributed by atoms with van der Waals surface area (Å²) in [6.07, 6.45) is 2.76. The van der Waals surface area contributed by atoms with Crippen LogP contribution in [-0.4, -0.2) is 37.1 Å². The lowest BCUT2D eigenvalue weighted by Gasteiger charge is -2.31. The van der Waals surface area contributed by atoms with Gasteiger partial charge in [0.05, 0.1) is 0 Å². The highest BCUT2D eigenvalue weighted by molar-refractivity contribution is 4.73. The van der Waals surface area contributed by atoms with E-state index in [2.05, 4.69) is 31.0 Å². The molecule has 1 saturated heterocycles. The molecular formula is C11H26N2. The minimum absolute atomic E-state index is 0. The second kappa shape index (κ2) is 5.61. The van der Waals surface area contributed by atoms with Crippen LogP contribution in [-0.2, 0) is 0 Å². The van der Waals surface area contributed by atoms with Crippen molar-refractivity contribution in [2.24, 2.45) is 5.92 Å². The molecule has 1 N–H and O–H groups in total. The molecule has 1 aliphatic rings. The quantitative estimate of drug-likeness (QED) is 0.722. The Morgan fingerprint density at radius 1 is 1.38 bits per heavy atom. The second-order valence-corrected chi connectivity index (χ2v) is 4.44. The van der Waals surface area contributed by atoms with Gasteiger partial charge in [0, 0.05) is 7.47 Å². The molecule has 0 radical (unpaired) electrons. The summed E-state index contributed by atoms with van der Waals surface area (Å²) in [5.41, 5.74) is 0. The first kappa shape index (κ1) is 11.0. The van der Waals surface area contributed by atoms with E-state index in [1.165, 1.54) is 39.0 Å². The largest absolute Gasteiger partial charge is 0.314 e. The second-order valence-electron chi connectivity index (χ2n) is 4.44. The van der Waals surface area contributed by atoms with Crippen LogP contribution in [0.2, 0.25) is 0 Å². The SMILES string of the molecule is CCN1CCC(CNC(C)C)CC1.[HH]. The summed E-state index contributed by atoms with van der Waals surface area (Å²) in [7, 11) is 0. The van der Waals surface area contributed by atoms with Gasteiger partial charge in [-0.3, -0.25) is 0 Å². The predicted molar refractivity (Wildman–Crippen MR) is 60.1 cm³/mol. The number of piperidine rings is 1. The molecule has 1 fully saturated rings. The fourth-order valence-electron chi connectivity index (χ4n) is 1.91. The van der Waals surface area contributed by atoms with E-state index in [4.69, 9.17) is 0 Å². The zero-order valence-electron chi connectivity index (χ0n) is 9.34. The molecule has 0 amide bonds. The van der Waals surface area contributed by atoms with Gasteiger partial charge in [0.2, 0.25) is 0 Å². The van der Waals surface area contributed by atoms with Crippen LogP contribution in [0.3, 0.4) is 0 Å². The van der Waals surface area contributed by atoms with Crippen molar-refractivity contribution in [1.29, 1.82) is 0 Å². The number of nitrogens with zero attached hydrogens (tertiary/aromatic N) is 1. The van der Waals surface area contributed by atoms with E-state index in [0.717, 1.165) is 5.92 Å². The van der Waals surface area contributed by atoms with Crippen molar-refractivity contribution in [3.63, 3.8) is 0 Å². The number of nitrogens with one attached hydrogen (secondary N) is 1. The monoisotopic (exact) mass is 186 g/mol. The Bertz CT molecular complexity index is 131. The molecule has 0 unspecified atom stereocenters. The van der Waals surface area contributed by atoms with Gasteiger partial charge >= 0.3 is 0 Å². The Kier molecular flexibility index (Phi) is 4.74. The fraction of sp³-hybridized carbons (Fsp3) is 1.00. The molecule has 1 heterocycles. The molecule has 0 aromatic carbocycles. The molecule has 2 nitrogen and oxygen atoms in total. The summed E-state index contributed by atoms with van der Waals surface area (Å²) in [6, 6.07) is 0.643. The summed E-state index contributed by atoms with van der Waals surface area (Å²) in [4.78, 5) is 2.55. The third kappa shape index (κ3) is 4.10. The molecule has 13 heavy (non-hydrogen) atoms. The van der Waals surface area contributed by atoms with Gasteiger partial charge < -0.3 is 10.2 Å². The molecule has 2 heteroatoms. The molecule has 0 atom stereocenters. The standard InChI is InChI=1S/C11H24N2.H2/c1-4-13-7-5-11(6-8-13)9-12-10(2)3;/h10-12H,4-9H2,1-3H3;1H. The van der Waals surface area contributed by atoms with Crippen LogP contribution in [0.1, 0.15) is 35.0 Å². The van der Waals surface area contributed by atoms with Gasteiger partial charge in [0.25, 0.3) is 0 Å². The van der Waals surface area contributed by atoms with E-state index < -0.39 is 0 Å². The molecule has 0 aromatic heterocycles. The lowest BCUT2D eigenvalue weighted by atomic mass is 9.96. The Balaban J connectivity index is 0.00000169.